The molecule has 0 spiro atoms. The summed E-state index contributed by atoms with van der Waals surface area (Å²) >= 11 is 0. The molecular formula is C15H25NO5. The third kappa shape index (κ3) is 6.31. The van der Waals surface area contributed by atoms with Gasteiger partial charge in [-0.25, -0.2) is 0 Å². The highest BCUT2D eigenvalue weighted by Gasteiger charge is 2.11. The Bertz CT molecular complexity index is 411. The maximum atomic E-state index is 9.76. The van der Waals surface area contributed by atoms with Crippen molar-refractivity contribution in [2.45, 2.75) is 19.1 Å². The fourth-order valence-corrected chi connectivity index (χ4v) is 1.68. The Labute approximate surface area is 125 Å². The van der Waals surface area contributed by atoms with Gasteiger partial charge in [0, 0.05) is 13.2 Å². The first-order chi connectivity index (χ1) is 10.1. The van der Waals surface area contributed by atoms with E-state index in [-0.39, 0.29) is 19.3 Å². The zero-order valence-corrected chi connectivity index (χ0v) is 12.9. The Balaban J connectivity index is 2.47. The van der Waals surface area contributed by atoms with Gasteiger partial charge in [0.15, 0.2) is 11.5 Å². The van der Waals surface area contributed by atoms with Gasteiger partial charge >= 0.3 is 0 Å². The number of aliphatic hydroxyl groups is 1. The first-order valence-electron chi connectivity index (χ1n) is 6.89. The average Bonchev–Trinajstić information content (AvgIpc) is 2.49. The molecular weight excluding hydrogens is 274 g/mol. The van der Waals surface area contributed by atoms with Gasteiger partial charge < -0.3 is 29.8 Å². The molecule has 2 atom stereocenters. The van der Waals surface area contributed by atoms with Crippen molar-refractivity contribution in [1.82, 2.24) is 0 Å². The Hall–Kier alpha value is -1.34. The molecule has 0 radical (unpaired) electrons. The maximum Gasteiger partial charge on any atom is 0.161 e. The van der Waals surface area contributed by atoms with Crippen LogP contribution in [-0.4, -0.2) is 51.9 Å². The van der Waals surface area contributed by atoms with Crippen LogP contribution in [0.5, 0.6) is 11.5 Å². The molecule has 1 rings (SSSR count). The van der Waals surface area contributed by atoms with Gasteiger partial charge in [0.2, 0.25) is 0 Å². The summed E-state index contributed by atoms with van der Waals surface area (Å²) in [5.74, 6) is 1.16. The highest BCUT2D eigenvalue weighted by atomic mass is 16.5. The fraction of sp³-hybridized carbons (Fsp3) is 0.600. The molecule has 0 fully saturated rings. The number of aliphatic hydroxyl groups excluding tert-OH is 1. The predicted molar refractivity (Wildman–Crippen MR) is 79.8 cm³/mol. The number of rotatable bonds is 10. The van der Waals surface area contributed by atoms with E-state index in [0.29, 0.717) is 24.7 Å². The number of hydrogen-bond donors (Lipinski definition) is 2. The van der Waals surface area contributed by atoms with Crippen molar-refractivity contribution in [3.8, 4) is 11.5 Å². The van der Waals surface area contributed by atoms with Crippen molar-refractivity contribution in [1.29, 1.82) is 0 Å². The van der Waals surface area contributed by atoms with Crippen LogP contribution in [0.25, 0.3) is 0 Å². The van der Waals surface area contributed by atoms with Gasteiger partial charge in [-0.05, 0) is 24.6 Å². The van der Waals surface area contributed by atoms with Crippen molar-refractivity contribution >= 4 is 0 Å². The van der Waals surface area contributed by atoms with Gasteiger partial charge in [-0.2, -0.15) is 0 Å². The second kappa shape index (κ2) is 9.57. The minimum atomic E-state index is -0.709. The molecule has 0 saturated carbocycles. The Morgan fingerprint density at radius 2 is 1.90 bits per heavy atom. The highest BCUT2D eigenvalue weighted by Crippen LogP contribution is 2.29. The van der Waals surface area contributed by atoms with Gasteiger partial charge in [-0.1, -0.05) is 6.07 Å². The number of ether oxygens (including phenoxy) is 4. The van der Waals surface area contributed by atoms with E-state index in [1.807, 2.05) is 19.1 Å². The summed E-state index contributed by atoms with van der Waals surface area (Å²) in [6.07, 6.45) is -0.709. The molecule has 0 amide bonds. The lowest BCUT2D eigenvalue weighted by molar-refractivity contribution is -0.00450. The van der Waals surface area contributed by atoms with Gasteiger partial charge in [0.05, 0.1) is 26.9 Å². The number of hydrogen-bond acceptors (Lipinski definition) is 6. The highest BCUT2D eigenvalue weighted by molar-refractivity contribution is 5.43. The number of benzene rings is 1. The van der Waals surface area contributed by atoms with E-state index in [4.69, 9.17) is 24.7 Å². The van der Waals surface area contributed by atoms with E-state index in [2.05, 4.69) is 0 Å². The van der Waals surface area contributed by atoms with E-state index in [1.165, 1.54) is 0 Å². The molecule has 0 aliphatic heterocycles. The third-order valence-corrected chi connectivity index (χ3v) is 2.89. The summed E-state index contributed by atoms with van der Waals surface area (Å²) in [7, 11) is 3.17. The number of methoxy groups -OCH3 is 2. The first kappa shape index (κ1) is 17.7. The summed E-state index contributed by atoms with van der Waals surface area (Å²) in [4.78, 5) is 0. The lowest BCUT2D eigenvalue weighted by Gasteiger charge is -2.16. The molecule has 1 aromatic rings. The second-order valence-electron chi connectivity index (χ2n) is 4.73. The molecule has 0 heterocycles. The van der Waals surface area contributed by atoms with Crippen LogP contribution in [0.1, 0.15) is 18.5 Å². The minimum Gasteiger partial charge on any atom is -0.493 e. The summed E-state index contributed by atoms with van der Waals surface area (Å²) in [5.41, 5.74) is 6.79. The second-order valence-corrected chi connectivity index (χ2v) is 4.73. The van der Waals surface area contributed by atoms with Crippen molar-refractivity contribution in [2.75, 3.05) is 40.6 Å². The van der Waals surface area contributed by atoms with Crippen LogP contribution in [-0.2, 0) is 9.47 Å². The van der Waals surface area contributed by atoms with Crippen LogP contribution >= 0.6 is 0 Å². The number of nitrogens with two attached hydrogens (primary N) is 1. The van der Waals surface area contributed by atoms with Crippen LogP contribution in [0.3, 0.4) is 0 Å². The molecule has 0 saturated heterocycles. The minimum absolute atomic E-state index is 0.0762. The smallest absolute Gasteiger partial charge is 0.161 e. The van der Waals surface area contributed by atoms with Crippen molar-refractivity contribution in [2.24, 2.45) is 5.73 Å². The molecule has 21 heavy (non-hydrogen) atoms. The van der Waals surface area contributed by atoms with E-state index >= 15 is 0 Å². The standard InChI is InChI=1S/C15H25NO5/c1-11(16)12-4-5-14(15(8-12)19-3)21-10-13(17)9-20-7-6-18-2/h4-5,8,11,13,17H,6-7,9-10,16H2,1-3H3. The van der Waals surface area contributed by atoms with Gasteiger partial charge in [0.1, 0.15) is 12.7 Å². The molecule has 0 aliphatic carbocycles. The predicted octanol–water partition coefficient (Wildman–Crippen LogP) is 1.12. The topological polar surface area (TPSA) is 83.2 Å². The molecule has 2 unspecified atom stereocenters. The summed E-state index contributed by atoms with van der Waals surface area (Å²) in [6.45, 7) is 3.17. The fourth-order valence-electron chi connectivity index (χ4n) is 1.68. The third-order valence-electron chi connectivity index (χ3n) is 2.89. The Kier molecular flexibility index (Phi) is 8.07. The molecule has 1 aromatic carbocycles. The van der Waals surface area contributed by atoms with Gasteiger partial charge in [-0.3, -0.25) is 0 Å². The van der Waals surface area contributed by atoms with E-state index in [9.17, 15) is 5.11 Å². The monoisotopic (exact) mass is 299 g/mol. The zero-order valence-electron chi connectivity index (χ0n) is 12.9. The van der Waals surface area contributed by atoms with E-state index < -0.39 is 6.10 Å². The van der Waals surface area contributed by atoms with Gasteiger partial charge in [-0.15, -0.1) is 0 Å². The summed E-state index contributed by atoms with van der Waals surface area (Å²) < 4.78 is 20.9. The first-order valence-corrected chi connectivity index (χ1v) is 6.89. The normalized spacial score (nSPS) is 13.8. The quantitative estimate of drug-likeness (QED) is 0.630. The molecule has 0 bridgehead atoms. The largest absolute Gasteiger partial charge is 0.493 e. The van der Waals surface area contributed by atoms with Gasteiger partial charge in [0.25, 0.3) is 0 Å². The lowest BCUT2D eigenvalue weighted by atomic mass is 10.1. The SMILES string of the molecule is COCCOCC(O)COc1ccc(C(C)N)cc1OC. The van der Waals surface area contributed by atoms with Crippen molar-refractivity contribution in [3.63, 3.8) is 0 Å². The van der Waals surface area contributed by atoms with Crippen LogP contribution in [0.15, 0.2) is 18.2 Å². The lowest BCUT2D eigenvalue weighted by Crippen LogP contribution is -2.24. The maximum absolute atomic E-state index is 9.76. The van der Waals surface area contributed by atoms with E-state index in [1.54, 1.807) is 20.3 Å². The Morgan fingerprint density at radius 3 is 2.52 bits per heavy atom. The summed E-state index contributed by atoms with van der Waals surface area (Å²) in [5, 5.41) is 9.76. The molecule has 0 aliphatic rings. The molecule has 3 N–H and O–H groups in total. The van der Waals surface area contributed by atoms with Crippen LogP contribution in [0.4, 0.5) is 0 Å². The van der Waals surface area contributed by atoms with Crippen LogP contribution < -0.4 is 15.2 Å². The van der Waals surface area contributed by atoms with Crippen LogP contribution in [0.2, 0.25) is 0 Å². The molecule has 120 valence electrons. The van der Waals surface area contributed by atoms with E-state index in [0.717, 1.165) is 5.56 Å². The molecule has 0 aromatic heterocycles. The van der Waals surface area contributed by atoms with Crippen molar-refractivity contribution in [3.05, 3.63) is 23.8 Å². The summed E-state index contributed by atoms with van der Waals surface area (Å²) in [6, 6.07) is 5.43. The van der Waals surface area contributed by atoms with Crippen molar-refractivity contribution < 1.29 is 24.1 Å². The molecule has 6 nitrogen and oxygen atoms in total. The average molecular weight is 299 g/mol. The molecule has 6 heteroatoms. The Morgan fingerprint density at radius 1 is 1.14 bits per heavy atom. The van der Waals surface area contributed by atoms with Crippen LogP contribution in [0, 0.1) is 0 Å². The zero-order chi connectivity index (χ0) is 15.7.